The molecule has 34 heavy (non-hydrogen) atoms. The second-order valence-electron chi connectivity index (χ2n) is 8.09. The third-order valence-corrected chi connectivity index (χ3v) is 4.67. The molecule has 1 amide bonds. The highest BCUT2D eigenvalue weighted by atomic mass is 19.3. The van der Waals surface area contributed by atoms with Gasteiger partial charge in [0.25, 0.3) is 0 Å². The number of nitrogens with one attached hydrogen (secondary N) is 2. The minimum atomic E-state index is -3.23. The van der Waals surface area contributed by atoms with E-state index in [2.05, 4.69) is 30.6 Å². The molecule has 0 fully saturated rings. The summed E-state index contributed by atoms with van der Waals surface area (Å²) in [5, 5.41) is 5.61. The van der Waals surface area contributed by atoms with Gasteiger partial charge in [-0.25, -0.2) is 24.3 Å². The lowest BCUT2D eigenvalue weighted by molar-refractivity contribution is -0.114. The molecule has 0 unspecified atom stereocenters. The monoisotopic (exact) mass is 473 g/mol. The minimum absolute atomic E-state index is 0.139. The predicted molar refractivity (Wildman–Crippen MR) is 123 cm³/mol. The summed E-state index contributed by atoms with van der Waals surface area (Å²) in [6.07, 6.45) is 1.89. The molecule has 0 bridgehead atoms. The van der Waals surface area contributed by atoms with E-state index in [1.165, 1.54) is 31.3 Å². The maximum absolute atomic E-state index is 14.3. The van der Waals surface area contributed by atoms with E-state index >= 15 is 0 Å². The first-order chi connectivity index (χ1) is 16.0. The zero-order valence-electron chi connectivity index (χ0n) is 19.6. The molecule has 0 atom stereocenters. The highest BCUT2D eigenvalue weighted by molar-refractivity contribution is 5.89. The van der Waals surface area contributed by atoms with Gasteiger partial charge in [-0.15, -0.1) is 0 Å². The molecule has 2 N–H and O–H groups in total. The molecule has 3 rings (SSSR count). The van der Waals surface area contributed by atoms with Crippen molar-refractivity contribution in [3.05, 3.63) is 53.5 Å². The van der Waals surface area contributed by atoms with Crippen molar-refractivity contribution >= 4 is 23.2 Å². The highest BCUT2D eigenvalue weighted by Gasteiger charge is 2.29. The molecule has 0 aliphatic heterocycles. The first-order valence-electron chi connectivity index (χ1n) is 10.6. The van der Waals surface area contributed by atoms with Gasteiger partial charge in [0.15, 0.2) is 0 Å². The summed E-state index contributed by atoms with van der Waals surface area (Å²) in [5.74, 6) is -4.25. The Morgan fingerprint density at radius 1 is 1.12 bits per heavy atom. The van der Waals surface area contributed by atoms with Crippen molar-refractivity contribution in [1.82, 2.24) is 24.8 Å². The number of aryl methyl sites for hydroxylation is 1. The molecule has 0 spiro atoms. The summed E-state index contributed by atoms with van der Waals surface area (Å²) in [7, 11) is 3.60. The number of pyridine rings is 2. The van der Waals surface area contributed by atoms with E-state index in [1.807, 2.05) is 0 Å². The quantitative estimate of drug-likeness (QED) is 0.497. The van der Waals surface area contributed by atoms with Crippen LogP contribution in [0.15, 0.2) is 30.5 Å². The maximum Gasteiger partial charge on any atom is 0.303 e. The lowest BCUT2D eigenvalue weighted by Crippen LogP contribution is -2.15. The lowest BCUT2D eigenvalue weighted by atomic mass is 10.1. The van der Waals surface area contributed by atoms with E-state index in [0.29, 0.717) is 29.1 Å². The molecular weight excluding hydrogens is 447 g/mol. The summed E-state index contributed by atoms with van der Waals surface area (Å²) in [6, 6.07) is 5.90. The number of nitrogens with zero attached hydrogens (tertiary/aromatic N) is 5. The molecule has 0 saturated carbocycles. The molecule has 3 aromatic heterocycles. The summed E-state index contributed by atoms with van der Waals surface area (Å²) in [6.45, 7) is 4.14. The van der Waals surface area contributed by atoms with Crippen molar-refractivity contribution in [3.8, 4) is 11.3 Å². The van der Waals surface area contributed by atoms with Crippen molar-refractivity contribution in [3.63, 3.8) is 0 Å². The van der Waals surface area contributed by atoms with E-state index in [-0.39, 0.29) is 29.8 Å². The number of rotatable bonds is 8. The van der Waals surface area contributed by atoms with Crippen LogP contribution >= 0.6 is 0 Å². The van der Waals surface area contributed by atoms with E-state index in [4.69, 9.17) is 0 Å². The smallest absolute Gasteiger partial charge is 0.303 e. The molecule has 0 aromatic carbocycles. The predicted octanol–water partition coefficient (Wildman–Crippen LogP) is 4.51. The van der Waals surface area contributed by atoms with Crippen LogP contribution in [0.5, 0.6) is 0 Å². The summed E-state index contributed by atoms with van der Waals surface area (Å²) >= 11 is 0. The maximum atomic E-state index is 14.3. The van der Waals surface area contributed by atoms with Crippen molar-refractivity contribution in [2.45, 2.75) is 39.7 Å². The molecule has 8 nitrogen and oxygen atoms in total. The first kappa shape index (κ1) is 25.0. The summed E-state index contributed by atoms with van der Waals surface area (Å²) < 4.78 is 42.2. The average molecular weight is 474 g/mol. The Hall–Kier alpha value is -3.60. The number of amides is 1. The number of anilines is 3. The topological polar surface area (TPSA) is 95.9 Å². The van der Waals surface area contributed by atoms with Crippen molar-refractivity contribution in [2.75, 3.05) is 24.7 Å². The Bertz CT molecular complexity index is 1200. The van der Waals surface area contributed by atoms with Gasteiger partial charge in [0.1, 0.15) is 17.5 Å². The Morgan fingerprint density at radius 2 is 1.85 bits per heavy atom. The third-order valence-electron chi connectivity index (χ3n) is 4.67. The van der Waals surface area contributed by atoms with Gasteiger partial charge < -0.3 is 15.5 Å². The Balaban J connectivity index is 2.12. The van der Waals surface area contributed by atoms with Gasteiger partial charge in [0.2, 0.25) is 11.7 Å². The number of hydrogen-bond acceptors (Lipinski definition) is 7. The van der Waals surface area contributed by atoms with Crippen LogP contribution < -0.4 is 10.6 Å². The van der Waals surface area contributed by atoms with Crippen LogP contribution in [0.3, 0.4) is 0 Å². The normalized spacial score (nSPS) is 11.6. The highest BCUT2D eigenvalue weighted by Crippen LogP contribution is 2.32. The molecule has 11 heteroatoms. The zero-order valence-corrected chi connectivity index (χ0v) is 19.6. The van der Waals surface area contributed by atoms with Crippen LogP contribution in [0.25, 0.3) is 11.3 Å². The minimum Gasteiger partial charge on any atom is -0.339 e. The zero-order chi connectivity index (χ0) is 25.0. The van der Waals surface area contributed by atoms with E-state index < -0.39 is 17.6 Å². The van der Waals surface area contributed by atoms with Crippen LogP contribution in [0, 0.1) is 5.82 Å². The number of hydrogen-bond donors (Lipinski definition) is 2. The fourth-order valence-electron chi connectivity index (χ4n) is 3.13. The van der Waals surface area contributed by atoms with Gasteiger partial charge in [0.05, 0.1) is 17.1 Å². The number of alkyl halides is 2. The second-order valence-corrected chi connectivity index (χ2v) is 8.09. The first-order valence-corrected chi connectivity index (χ1v) is 10.6. The Morgan fingerprint density at radius 3 is 2.47 bits per heavy atom. The Labute approximate surface area is 195 Å². The van der Waals surface area contributed by atoms with Gasteiger partial charge in [0, 0.05) is 50.0 Å². The Kier molecular flexibility index (Phi) is 7.45. The van der Waals surface area contributed by atoms with Gasteiger partial charge in [-0.05, 0) is 32.6 Å². The molecular formula is C23H26F3N7O. The fraction of sp³-hybridized carbons (Fsp3) is 0.348. The van der Waals surface area contributed by atoms with Crippen molar-refractivity contribution in [1.29, 1.82) is 0 Å². The number of halogens is 3. The van der Waals surface area contributed by atoms with Crippen LogP contribution in [0.4, 0.5) is 30.5 Å². The number of carbonyl (C=O) groups excluding carboxylic acids is 1. The van der Waals surface area contributed by atoms with Crippen LogP contribution in [-0.2, 0) is 23.7 Å². The largest absolute Gasteiger partial charge is 0.339 e. The fourth-order valence-corrected chi connectivity index (χ4v) is 3.13. The van der Waals surface area contributed by atoms with Gasteiger partial charge >= 0.3 is 5.92 Å². The third kappa shape index (κ3) is 6.25. The molecule has 0 radical (unpaired) electrons. The van der Waals surface area contributed by atoms with Crippen molar-refractivity contribution in [2.24, 2.45) is 0 Å². The average Bonchev–Trinajstić information content (AvgIpc) is 2.74. The summed E-state index contributed by atoms with van der Waals surface area (Å²) in [4.78, 5) is 29.9. The van der Waals surface area contributed by atoms with Crippen LogP contribution in [0.2, 0.25) is 0 Å². The second kappa shape index (κ2) is 10.1. The number of carbonyl (C=O) groups is 1. The molecule has 0 aliphatic carbocycles. The van der Waals surface area contributed by atoms with Crippen LogP contribution in [0.1, 0.15) is 38.0 Å². The van der Waals surface area contributed by atoms with Crippen molar-refractivity contribution < 1.29 is 18.0 Å². The molecule has 0 saturated heterocycles. The van der Waals surface area contributed by atoms with E-state index in [9.17, 15) is 18.0 Å². The number of aromatic nitrogens is 4. The van der Waals surface area contributed by atoms with Gasteiger partial charge in [-0.3, -0.25) is 4.79 Å². The van der Waals surface area contributed by atoms with Gasteiger partial charge in [-0.2, -0.15) is 8.78 Å². The molecule has 180 valence electrons. The SMILES string of the molecule is CCc1cc(Nc2cc(NC(C)=O)ncc2-c2ccc(F)c(CN(C)C)n2)nc(C(C)(F)F)n1. The molecule has 3 heterocycles. The van der Waals surface area contributed by atoms with Crippen LogP contribution in [-0.4, -0.2) is 44.8 Å². The molecule has 0 aliphatic rings. The molecule has 3 aromatic rings. The van der Waals surface area contributed by atoms with E-state index in [1.54, 1.807) is 32.0 Å². The van der Waals surface area contributed by atoms with E-state index in [0.717, 1.165) is 6.92 Å². The standard InChI is InChI=1S/C23H26F3N7O/c1-6-14-9-21(32-22(29-14)23(3,25)26)31-18-10-20(28-13(2)34)27-11-15(18)17-8-7-16(24)19(30-17)12-33(4)5/h7-11H,6,12H2,1-5H3,(H2,27,28,29,31,32,34). The summed E-state index contributed by atoms with van der Waals surface area (Å²) in [5.41, 5.74) is 1.94. The van der Waals surface area contributed by atoms with Gasteiger partial charge in [-0.1, -0.05) is 6.92 Å². The lowest BCUT2D eigenvalue weighted by Gasteiger charge is -2.17.